The first-order chi connectivity index (χ1) is 18.9. The molecule has 202 valence electrons. The zero-order valence-corrected chi connectivity index (χ0v) is 22.7. The fourth-order valence-corrected chi connectivity index (χ4v) is 5.51. The van der Waals surface area contributed by atoms with Gasteiger partial charge in [-0.05, 0) is 68.1 Å². The van der Waals surface area contributed by atoms with E-state index in [1.165, 1.54) is 28.9 Å². The first kappa shape index (κ1) is 25.6. The summed E-state index contributed by atoms with van der Waals surface area (Å²) in [5.41, 5.74) is 6.28. The molecule has 1 fully saturated rings. The Morgan fingerprint density at radius 1 is 0.846 bits per heavy atom. The number of aryl methyl sites for hydroxylation is 1. The predicted molar refractivity (Wildman–Crippen MR) is 155 cm³/mol. The molecule has 0 unspecified atom stereocenters. The molecule has 2 N–H and O–H groups in total. The van der Waals surface area contributed by atoms with Crippen LogP contribution in [0.3, 0.4) is 0 Å². The maximum absolute atomic E-state index is 13.7. The van der Waals surface area contributed by atoms with Crippen LogP contribution in [0.2, 0.25) is 0 Å². The summed E-state index contributed by atoms with van der Waals surface area (Å²) in [5, 5.41) is 1.71. The summed E-state index contributed by atoms with van der Waals surface area (Å²) in [7, 11) is 2.18. The van der Waals surface area contributed by atoms with Gasteiger partial charge in [0.2, 0.25) is 0 Å². The third-order valence-corrected chi connectivity index (χ3v) is 7.89. The minimum absolute atomic E-state index is 0.266. The number of hydrogen-bond acceptors (Lipinski definition) is 6. The first-order valence-electron chi connectivity index (χ1n) is 13.7. The molecule has 2 aliphatic heterocycles. The Balaban J connectivity index is 1.24. The highest BCUT2D eigenvalue weighted by Gasteiger charge is 2.27. The van der Waals surface area contributed by atoms with Crippen molar-refractivity contribution >= 4 is 17.2 Å². The van der Waals surface area contributed by atoms with Crippen LogP contribution >= 0.6 is 0 Å². The van der Waals surface area contributed by atoms with E-state index in [1.807, 2.05) is 12.1 Å². The van der Waals surface area contributed by atoms with E-state index in [2.05, 4.69) is 69.6 Å². The number of imidazole rings is 1. The van der Waals surface area contributed by atoms with Crippen LogP contribution in [0.25, 0.3) is 11.3 Å². The minimum Gasteiger partial charge on any atom is -0.369 e. The van der Waals surface area contributed by atoms with Gasteiger partial charge in [-0.25, -0.2) is 15.2 Å². The number of nitrogens with two attached hydrogens (primary N) is 1. The Morgan fingerprint density at radius 2 is 1.54 bits per heavy atom. The Kier molecular flexibility index (Phi) is 7.08. The number of hydrogen-bond donors (Lipinski definition) is 1. The van der Waals surface area contributed by atoms with Crippen molar-refractivity contribution in [1.29, 1.82) is 0 Å². The lowest BCUT2D eigenvalue weighted by Gasteiger charge is -2.34. The quantitative estimate of drug-likeness (QED) is 0.289. The molecule has 39 heavy (non-hydrogen) atoms. The lowest BCUT2D eigenvalue weighted by Crippen LogP contribution is -2.44. The van der Waals surface area contributed by atoms with Crippen LogP contribution in [0, 0.1) is 12.7 Å². The highest BCUT2D eigenvalue weighted by Crippen LogP contribution is 2.36. The van der Waals surface area contributed by atoms with E-state index in [9.17, 15) is 4.39 Å². The first-order valence-corrected chi connectivity index (χ1v) is 13.7. The Morgan fingerprint density at radius 3 is 2.23 bits per heavy atom. The van der Waals surface area contributed by atoms with Crippen LogP contribution in [-0.4, -0.2) is 59.1 Å². The van der Waals surface area contributed by atoms with Crippen LogP contribution in [0.4, 0.5) is 21.6 Å². The Bertz CT molecular complexity index is 1410. The molecular weight excluding hydrogens is 489 g/mol. The summed E-state index contributed by atoms with van der Waals surface area (Å²) < 4.78 is 15.9. The number of halogens is 1. The molecule has 0 amide bonds. The number of fused-ring (bicyclic) bond motifs is 1. The van der Waals surface area contributed by atoms with E-state index in [4.69, 9.17) is 10.8 Å². The van der Waals surface area contributed by atoms with Gasteiger partial charge in [0.25, 0.3) is 0 Å². The number of likely N-dealkylation sites (N-methyl/N-ethyl adjacent to an activating group) is 1. The molecule has 8 heteroatoms. The summed E-state index contributed by atoms with van der Waals surface area (Å²) in [6.45, 7) is 9.66. The smallest absolute Gasteiger partial charge is 0.156 e. The molecule has 7 nitrogen and oxygen atoms in total. The van der Waals surface area contributed by atoms with Crippen molar-refractivity contribution in [3.8, 4) is 11.3 Å². The van der Waals surface area contributed by atoms with Gasteiger partial charge in [-0.2, -0.15) is 0 Å². The molecule has 3 aromatic carbocycles. The zero-order valence-electron chi connectivity index (χ0n) is 22.7. The number of benzene rings is 3. The average Bonchev–Trinajstić information content (AvgIpc) is 3.33. The molecule has 0 saturated carbocycles. The molecule has 0 spiro atoms. The number of anilines is 3. The second-order valence-electron chi connectivity index (χ2n) is 10.7. The summed E-state index contributed by atoms with van der Waals surface area (Å²) in [6, 6.07) is 23.7. The SMILES string of the molecule is Cc1ccc(N(N)c2c(-c3ccc(F)cc3)nc3n2CCN(Cc2ccc(N4CCN(C)CC4)cc2)C3)cc1. The van der Waals surface area contributed by atoms with Gasteiger partial charge in [0.1, 0.15) is 17.3 Å². The largest absolute Gasteiger partial charge is 0.369 e. The van der Waals surface area contributed by atoms with Gasteiger partial charge >= 0.3 is 0 Å². The number of hydrazine groups is 1. The summed E-state index contributed by atoms with van der Waals surface area (Å²) in [4.78, 5) is 12.3. The molecule has 0 aliphatic carbocycles. The van der Waals surface area contributed by atoms with Gasteiger partial charge in [0, 0.05) is 57.1 Å². The molecule has 3 heterocycles. The zero-order chi connectivity index (χ0) is 26.9. The maximum atomic E-state index is 13.7. The third kappa shape index (κ3) is 5.41. The highest BCUT2D eigenvalue weighted by atomic mass is 19.1. The average molecular weight is 526 g/mol. The number of piperazine rings is 1. The fourth-order valence-electron chi connectivity index (χ4n) is 5.51. The molecule has 0 atom stereocenters. The summed E-state index contributed by atoms with van der Waals surface area (Å²) >= 11 is 0. The van der Waals surface area contributed by atoms with Crippen molar-refractivity contribution in [3.05, 3.63) is 95.6 Å². The Hall–Kier alpha value is -3.72. The van der Waals surface area contributed by atoms with Gasteiger partial charge in [-0.15, -0.1) is 0 Å². The van der Waals surface area contributed by atoms with Gasteiger partial charge < -0.3 is 14.4 Å². The van der Waals surface area contributed by atoms with Gasteiger partial charge in [-0.3, -0.25) is 9.91 Å². The lowest BCUT2D eigenvalue weighted by atomic mass is 10.1. The summed E-state index contributed by atoms with van der Waals surface area (Å²) in [6.07, 6.45) is 0. The van der Waals surface area contributed by atoms with E-state index >= 15 is 0 Å². The van der Waals surface area contributed by atoms with Crippen molar-refractivity contribution in [1.82, 2.24) is 19.4 Å². The molecule has 0 radical (unpaired) electrons. The molecule has 1 saturated heterocycles. The van der Waals surface area contributed by atoms with Crippen molar-refractivity contribution in [2.45, 2.75) is 26.6 Å². The second kappa shape index (κ2) is 10.8. The maximum Gasteiger partial charge on any atom is 0.156 e. The van der Waals surface area contributed by atoms with Gasteiger partial charge in [-0.1, -0.05) is 29.8 Å². The lowest BCUT2D eigenvalue weighted by molar-refractivity contribution is 0.209. The molecular formula is C31H36FN7. The minimum atomic E-state index is -0.266. The normalized spacial score (nSPS) is 16.4. The van der Waals surface area contributed by atoms with Crippen LogP contribution < -0.4 is 15.8 Å². The topological polar surface area (TPSA) is 56.8 Å². The predicted octanol–water partition coefficient (Wildman–Crippen LogP) is 4.78. The van der Waals surface area contributed by atoms with Crippen molar-refractivity contribution < 1.29 is 4.39 Å². The molecule has 1 aromatic heterocycles. The van der Waals surface area contributed by atoms with E-state index < -0.39 is 0 Å². The van der Waals surface area contributed by atoms with E-state index in [-0.39, 0.29) is 5.82 Å². The molecule has 4 aromatic rings. The monoisotopic (exact) mass is 525 g/mol. The number of aromatic nitrogens is 2. The molecule has 2 aliphatic rings. The van der Waals surface area contributed by atoms with Crippen LogP contribution in [-0.2, 0) is 19.6 Å². The van der Waals surface area contributed by atoms with Crippen LogP contribution in [0.15, 0.2) is 72.8 Å². The standard InChI is InChI=1S/C31H36FN7/c1-23-3-11-28(12-4-23)39(33)31-30(25-7-9-26(32)10-8-25)34-29-22-36(17-20-38(29)31)21-24-5-13-27(14-6-24)37-18-15-35(2)16-19-37/h3-14H,15-22,33H2,1-2H3. The molecule has 0 bridgehead atoms. The molecule has 6 rings (SSSR count). The van der Waals surface area contributed by atoms with Crippen LogP contribution in [0.5, 0.6) is 0 Å². The summed E-state index contributed by atoms with van der Waals surface area (Å²) in [5.74, 6) is 8.25. The fraction of sp³-hybridized carbons (Fsp3) is 0.323. The number of nitrogens with zero attached hydrogens (tertiary/aromatic N) is 6. The van der Waals surface area contributed by atoms with Gasteiger partial charge in [0.05, 0.1) is 12.2 Å². The van der Waals surface area contributed by atoms with E-state index in [0.29, 0.717) is 0 Å². The van der Waals surface area contributed by atoms with Gasteiger partial charge in [0.15, 0.2) is 5.82 Å². The second-order valence-corrected chi connectivity index (χ2v) is 10.7. The van der Waals surface area contributed by atoms with E-state index in [0.717, 1.165) is 80.9 Å². The highest BCUT2D eigenvalue weighted by molar-refractivity contribution is 5.77. The third-order valence-electron chi connectivity index (χ3n) is 7.89. The van der Waals surface area contributed by atoms with E-state index in [1.54, 1.807) is 17.1 Å². The van der Waals surface area contributed by atoms with Crippen molar-refractivity contribution in [3.63, 3.8) is 0 Å². The number of rotatable bonds is 6. The van der Waals surface area contributed by atoms with Crippen molar-refractivity contribution in [2.24, 2.45) is 5.84 Å². The van der Waals surface area contributed by atoms with Crippen molar-refractivity contribution in [2.75, 3.05) is 49.7 Å². The van der Waals surface area contributed by atoms with Crippen LogP contribution in [0.1, 0.15) is 17.0 Å². The Labute approximate surface area is 229 Å².